The molecule has 5 N–H and O–H groups in total. The zero-order chi connectivity index (χ0) is 32.8. The highest BCUT2D eigenvalue weighted by Gasteiger charge is 2.50. The van der Waals surface area contributed by atoms with E-state index in [1.165, 1.54) is 32.2 Å². The first-order chi connectivity index (χ1) is 21.9. The Morgan fingerprint density at radius 3 is 2.15 bits per heavy atom. The molecule has 2 fully saturated rings. The van der Waals surface area contributed by atoms with Crippen LogP contribution in [0.1, 0.15) is 19.4 Å². The van der Waals surface area contributed by atoms with Crippen LogP contribution >= 0.6 is 0 Å². The van der Waals surface area contributed by atoms with E-state index < -0.39 is 78.4 Å². The van der Waals surface area contributed by atoms with Crippen molar-refractivity contribution in [3.05, 3.63) is 56.7 Å². The third-order valence-electron chi connectivity index (χ3n) is 9.03. The molecule has 0 unspecified atom stereocenters. The molecule has 0 saturated carbocycles. The Balaban J connectivity index is 1.38. The van der Waals surface area contributed by atoms with Gasteiger partial charge in [-0.1, -0.05) is 18.2 Å². The van der Waals surface area contributed by atoms with Crippen LogP contribution in [0, 0.1) is 6.92 Å². The minimum Gasteiger partial charge on any atom is -0.506 e. The highest BCUT2D eigenvalue weighted by Crippen LogP contribution is 2.45. The van der Waals surface area contributed by atoms with Crippen molar-refractivity contribution in [2.75, 3.05) is 7.11 Å². The molecule has 2 saturated heterocycles. The highest BCUT2D eigenvalue weighted by molar-refractivity contribution is 6.28. The lowest BCUT2D eigenvalue weighted by Gasteiger charge is -2.46. The Labute approximate surface area is 259 Å². The van der Waals surface area contributed by atoms with Crippen molar-refractivity contribution in [1.82, 2.24) is 0 Å². The van der Waals surface area contributed by atoms with Crippen molar-refractivity contribution < 1.29 is 58.1 Å². The van der Waals surface area contributed by atoms with Gasteiger partial charge in [-0.25, -0.2) is 9.59 Å². The van der Waals surface area contributed by atoms with Gasteiger partial charge in [0.15, 0.2) is 18.0 Å². The minimum atomic E-state index is -1.60. The molecule has 0 amide bonds. The Bertz CT molecular complexity index is 2070. The van der Waals surface area contributed by atoms with Crippen LogP contribution in [0.2, 0.25) is 0 Å². The Hall–Kier alpha value is -3.86. The maximum absolute atomic E-state index is 13.4. The van der Waals surface area contributed by atoms with Crippen LogP contribution in [0.5, 0.6) is 11.5 Å². The maximum Gasteiger partial charge on any atom is 0.348 e. The summed E-state index contributed by atoms with van der Waals surface area (Å²) in [7, 11) is 1.30. The van der Waals surface area contributed by atoms with Crippen molar-refractivity contribution >= 4 is 43.5 Å². The number of aromatic hydroxyl groups is 1. The van der Waals surface area contributed by atoms with E-state index in [2.05, 4.69) is 0 Å². The average Bonchev–Trinajstić information content (AvgIpc) is 3.02. The summed E-state index contributed by atoms with van der Waals surface area (Å²) in [6.07, 6.45) is -13.0. The van der Waals surface area contributed by atoms with Gasteiger partial charge in [0, 0.05) is 23.3 Å². The van der Waals surface area contributed by atoms with Gasteiger partial charge in [-0.2, -0.15) is 0 Å². The predicted molar refractivity (Wildman–Crippen MR) is 160 cm³/mol. The van der Waals surface area contributed by atoms with Crippen LogP contribution < -0.4 is 16.0 Å². The minimum absolute atomic E-state index is 0.00746. The van der Waals surface area contributed by atoms with Crippen molar-refractivity contribution in [1.29, 1.82) is 0 Å². The van der Waals surface area contributed by atoms with Crippen LogP contribution in [0.4, 0.5) is 0 Å². The molecule has 14 heteroatoms. The lowest BCUT2D eigenvalue weighted by atomic mass is 9.95. The second-order valence-electron chi connectivity index (χ2n) is 11.8. The first-order valence-corrected chi connectivity index (χ1v) is 14.7. The average molecular weight is 641 g/mol. The lowest BCUT2D eigenvalue weighted by molar-refractivity contribution is -0.353. The summed E-state index contributed by atoms with van der Waals surface area (Å²) in [5.74, 6) is -0.425. The van der Waals surface area contributed by atoms with E-state index in [0.29, 0.717) is 10.9 Å². The molecule has 2 aliphatic rings. The van der Waals surface area contributed by atoms with E-state index in [1.807, 2.05) is 0 Å². The Kier molecular flexibility index (Phi) is 7.45. The van der Waals surface area contributed by atoms with E-state index in [4.69, 9.17) is 32.5 Å². The van der Waals surface area contributed by atoms with Crippen LogP contribution in [-0.2, 0) is 18.9 Å². The fourth-order valence-electron chi connectivity index (χ4n) is 6.58. The molecule has 0 bridgehead atoms. The van der Waals surface area contributed by atoms with Gasteiger partial charge in [0.25, 0.3) is 0 Å². The summed E-state index contributed by atoms with van der Waals surface area (Å²) in [4.78, 5) is 26.5. The second kappa shape index (κ2) is 11.1. The number of benzene rings is 3. The highest BCUT2D eigenvalue weighted by atomic mass is 16.8. The van der Waals surface area contributed by atoms with Crippen molar-refractivity contribution in [2.45, 2.75) is 82.2 Å². The van der Waals surface area contributed by atoms with Gasteiger partial charge < -0.3 is 58.1 Å². The van der Waals surface area contributed by atoms with E-state index >= 15 is 0 Å². The Morgan fingerprint density at radius 2 is 1.41 bits per heavy atom. The summed E-state index contributed by atoms with van der Waals surface area (Å²) >= 11 is 0. The number of aliphatic hydroxyl groups excluding tert-OH is 4. The fraction of sp³-hybridized carbons (Fsp3) is 0.438. The van der Waals surface area contributed by atoms with Crippen molar-refractivity contribution in [3.8, 4) is 11.5 Å². The molecule has 2 aromatic heterocycles. The topological polar surface area (TPSA) is 208 Å². The molecule has 3 aromatic carbocycles. The van der Waals surface area contributed by atoms with Gasteiger partial charge in [-0.15, -0.1) is 0 Å². The van der Waals surface area contributed by atoms with Crippen LogP contribution in [0.3, 0.4) is 0 Å². The summed E-state index contributed by atoms with van der Waals surface area (Å²) in [5, 5.41) is 55.1. The molecule has 0 spiro atoms. The summed E-state index contributed by atoms with van der Waals surface area (Å²) < 4.78 is 40.4. The molecular weight excluding hydrogens is 608 g/mol. The zero-order valence-electron chi connectivity index (χ0n) is 25.1. The molecule has 14 nitrogen and oxygen atoms in total. The molecule has 0 radical (unpaired) electrons. The first-order valence-electron chi connectivity index (χ1n) is 14.7. The molecule has 2 aliphatic heterocycles. The monoisotopic (exact) mass is 640 g/mol. The molecular formula is C32H32O14. The lowest BCUT2D eigenvalue weighted by Crippen LogP contribution is -2.64. The normalized spacial score (nSPS) is 32.2. The third kappa shape index (κ3) is 4.48. The molecule has 5 aromatic rings. The number of phenols is 1. The number of hydrogen-bond acceptors (Lipinski definition) is 14. The number of phenolic OH excluding ortho intramolecular Hbond substituents is 1. The summed E-state index contributed by atoms with van der Waals surface area (Å²) in [6, 6.07) is 7.70. The third-order valence-corrected chi connectivity index (χ3v) is 9.03. The van der Waals surface area contributed by atoms with E-state index in [-0.39, 0.29) is 43.8 Å². The Morgan fingerprint density at radius 1 is 0.717 bits per heavy atom. The smallest absolute Gasteiger partial charge is 0.348 e. The summed E-state index contributed by atoms with van der Waals surface area (Å²) in [5.41, 5.74) is -0.899. The van der Waals surface area contributed by atoms with Gasteiger partial charge in [0.1, 0.15) is 53.0 Å². The predicted octanol–water partition coefficient (Wildman–Crippen LogP) is 1.37. The molecule has 7 rings (SSSR count). The molecule has 10 atom stereocenters. The van der Waals surface area contributed by atoms with E-state index in [1.54, 1.807) is 26.0 Å². The fourth-order valence-corrected chi connectivity index (χ4v) is 6.58. The number of aliphatic hydroxyl groups is 4. The number of methoxy groups -OCH3 is 1. The summed E-state index contributed by atoms with van der Waals surface area (Å²) in [6.45, 7) is 4.77. The zero-order valence-corrected chi connectivity index (χ0v) is 25.1. The van der Waals surface area contributed by atoms with Crippen LogP contribution in [0.25, 0.3) is 43.5 Å². The van der Waals surface area contributed by atoms with Gasteiger partial charge >= 0.3 is 11.3 Å². The van der Waals surface area contributed by atoms with E-state index in [0.717, 1.165) is 0 Å². The van der Waals surface area contributed by atoms with Crippen molar-refractivity contribution in [2.24, 2.45) is 0 Å². The van der Waals surface area contributed by atoms with Crippen LogP contribution in [-0.4, -0.2) is 94.1 Å². The molecule has 46 heavy (non-hydrogen) atoms. The van der Waals surface area contributed by atoms with Gasteiger partial charge in [-0.05, 0) is 38.5 Å². The molecule has 244 valence electrons. The van der Waals surface area contributed by atoms with Gasteiger partial charge in [0.2, 0.25) is 6.29 Å². The van der Waals surface area contributed by atoms with Gasteiger partial charge in [0.05, 0.1) is 23.0 Å². The standard InChI is InChI=1S/C32H32O14/c1-10-8-9-15-18-16(10)29(38)45-26-17-13(23(35)20(19(18)26)30(39)43-15)6-5-7-14(17)44-32-28(24(36)21(33)11(2)42-32)46-31-25(37)27(40-4)22(34)12(3)41-31/h5-9,11-12,21-22,24-25,27-28,31-37H,1-4H3/t11-,12+,21-,22-,24-,25+,27+,28-,31+,32-/m0/s1. The largest absolute Gasteiger partial charge is 0.506 e. The SMILES string of the molecule is CO[C@@H]1[C@@H](O)[C@@H](C)O[C@H](O[C@@H]2[C@H](Oc3cccc4c(O)c5c(=O)oc6ccc(C)c7c(=O)oc(c34)c5c67)O[C@@H](C)[C@H](O)[C@@H]2O)[C@@H]1O. The van der Waals surface area contributed by atoms with Gasteiger partial charge in [-0.3, -0.25) is 0 Å². The van der Waals surface area contributed by atoms with Crippen LogP contribution in [0.15, 0.2) is 48.8 Å². The molecule has 4 heterocycles. The number of fused-ring (bicyclic) bond motifs is 2. The number of hydrogen-bond donors (Lipinski definition) is 5. The number of aryl methyl sites for hydroxylation is 1. The quantitative estimate of drug-likeness (QED) is 0.104. The first kappa shape index (κ1) is 30.8. The van der Waals surface area contributed by atoms with E-state index in [9.17, 15) is 35.1 Å². The second-order valence-corrected chi connectivity index (χ2v) is 11.8. The number of ether oxygens (including phenoxy) is 5. The van der Waals surface area contributed by atoms with Crippen molar-refractivity contribution in [3.63, 3.8) is 0 Å². The number of rotatable bonds is 5. The molecule has 0 aliphatic carbocycles. The maximum atomic E-state index is 13.4.